The zero-order valence-corrected chi connectivity index (χ0v) is 12.8. The molecule has 2 aromatic rings. The van der Waals surface area contributed by atoms with Gasteiger partial charge in [-0.2, -0.15) is 0 Å². The molecule has 1 heterocycles. The molecule has 0 aliphatic rings. The van der Waals surface area contributed by atoms with E-state index in [1.807, 2.05) is 43.7 Å². The Morgan fingerprint density at radius 1 is 1.42 bits per heavy atom. The van der Waals surface area contributed by atoms with Gasteiger partial charge in [0.15, 0.2) is 5.82 Å². The molecule has 0 spiro atoms. The minimum atomic E-state index is -0.0793. The lowest BCUT2D eigenvalue weighted by Gasteiger charge is -2.14. The van der Waals surface area contributed by atoms with Crippen molar-refractivity contribution < 1.29 is 4.74 Å². The van der Waals surface area contributed by atoms with Crippen LogP contribution in [0, 0.1) is 6.92 Å². The van der Waals surface area contributed by atoms with Crippen LogP contribution in [0.4, 0.5) is 0 Å². The lowest BCUT2D eigenvalue weighted by Crippen LogP contribution is -2.10. The summed E-state index contributed by atoms with van der Waals surface area (Å²) >= 11 is 3.44. The average Bonchev–Trinajstić information content (AvgIpc) is 2.67. The molecule has 102 valence electrons. The van der Waals surface area contributed by atoms with E-state index in [1.165, 1.54) is 0 Å². The van der Waals surface area contributed by atoms with Crippen LogP contribution in [0.25, 0.3) is 0 Å². The molecule has 0 saturated carbocycles. The van der Waals surface area contributed by atoms with Gasteiger partial charge < -0.3 is 15.0 Å². The summed E-state index contributed by atoms with van der Waals surface area (Å²) in [6, 6.07) is 5.76. The van der Waals surface area contributed by atoms with Crippen LogP contribution in [0.5, 0.6) is 5.75 Å². The molecule has 6 heteroatoms. The molecule has 2 N–H and O–H groups in total. The van der Waals surface area contributed by atoms with E-state index in [0.29, 0.717) is 6.61 Å². The van der Waals surface area contributed by atoms with Crippen molar-refractivity contribution in [2.45, 2.75) is 26.5 Å². The van der Waals surface area contributed by atoms with Gasteiger partial charge in [-0.25, -0.2) is 0 Å². The molecule has 0 fully saturated rings. The number of rotatable bonds is 4. The number of nitrogens with two attached hydrogens (primary N) is 1. The number of nitrogens with zero attached hydrogens (tertiary/aromatic N) is 3. The van der Waals surface area contributed by atoms with Gasteiger partial charge in [-0.1, -0.05) is 22.0 Å². The van der Waals surface area contributed by atoms with Crippen LogP contribution < -0.4 is 10.5 Å². The number of ether oxygens (including phenoxy) is 1. The summed E-state index contributed by atoms with van der Waals surface area (Å²) in [5.41, 5.74) is 6.91. The monoisotopic (exact) mass is 324 g/mol. The van der Waals surface area contributed by atoms with Crippen molar-refractivity contribution in [1.82, 2.24) is 14.8 Å². The quantitative estimate of drug-likeness (QED) is 0.938. The Balaban J connectivity index is 2.19. The largest absolute Gasteiger partial charge is 0.485 e. The van der Waals surface area contributed by atoms with Crippen molar-refractivity contribution in [2.24, 2.45) is 12.8 Å². The Bertz CT molecular complexity index is 580. The summed E-state index contributed by atoms with van der Waals surface area (Å²) in [6.07, 6.45) is 0. The van der Waals surface area contributed by atoms with E-state index in [1.54, 1.807) is 0 Å². The minimum Gasteiger partial charge on any atom is -0.485 e. The summed E-state index contributed by atoms with van der Waals surface area (Å²) in [5.74, 6) is 2.42. The van der Waals surface area contributed by atoms with Crippen LogP contribution in [0.1, 0.15) is 30.2 Å². The van der Waals surface area contributed by atoms with Crippen molar-refractivity contribution in [3.05, 3.63) is 39.9 Å². The van der Waals surface area contributed by atoms with E-state index in [4.69, 9.17) is 10.5 Å². The minimum absolute atomic E-state index is 0.0793. The van der Waals surface area contributed by atoms with Crippen LogP contribution in [-0.4, -0.2) is 14.8 Å². The highest BCUT2D eigenvalue weighted by molar-refractivity contribution is 9.10. The number of aryl methyl sites for hydroxylation is 1. The van der Waals surface area contributed by atoms with Crippen LogP contribution in [-0.2, 0) is 13.7 Å². The number of halogens is 1. The second-order valence-electron chi connectivity index (χ2n) is 4.48. The Kier molecular flexibility index (Phi) is 4.21. The summed E-state index contributed by atoms with van der Waals surface area (Å²) in [6.45, 7) is 4.21. The molecule has 19 heavy (non-hydrogen) atoms. The van der Waals surface area contributed by atoms with E-state index in [0.717, 1.165) is 27.4 Å². The molecule has 0 amide bonds. The van der Waals surface area contributed by atoms with E-state index < -0.39 is 0 Å². The maximum absolute atomic E-state index is 5.94. The van der Waals surface area contributed by atoms with E-state index >= 15 is 0 Å². The maximum atomic E-state index is 5.94. The van der Waals surface area contributed by atoms with Crippen molar-refractivity contribution in [3.63, 3.8) is 0 Å². The Morgan fingerprint density at radius 3 is 2.74 bits per heavy atom. The van der Waals surface area contributed by atoms with Gasteiger partial charge >= 0.3 is 0 Å². The molecule has 1 atom stereocenters. The first kappa shape index (κ1) is 14.0. The maximum Gasteiger partial charge on any atom is 0.170 e. The molecule has 1 aromatic heterocycles. The van der Waals surface area contributed by atoms with Crippen LogP contribution in [0.2, 0.25) is 0 Å². The summed E-state index contributed by atoms with van der Waals surface area (Å²) in [4.78, 5) is 0. The number of hydrogen-bond donors (Lipinski definition) is 1. The third kappa shape index (κ3) is 3.13. The molecule has 0 aliphatic heterocycles. The lowest BCUT2D eigenvalue weighted by molar-refractivity contribution is 0.286. The van der Waals surface area contributed by atoms with Gasteiger partial charge in [-0.3, -0.25) is 0 Å². The van der Waals surface area contributed by atoms with Gasteiger partial charge in [0.2, 0.25) is 0 Å². The SMILES string of the molecule is Cc1nnc(COc2cc(Br)ccc2[C@@H](C)N)n1C. The van der Waals surface area contributed by atoms with Gasteiger partial charge in [0.25, 0.3) is 0 Å². The van der Waals surface area contributed by atoms with Gasteiger partial charge in [-0.15, -0.1) is 10.2 Å². The predicted molar refractivity (Wildman–Crippen MR) is 76.8 cm³/mol. The molecule has 2 rings (SSSR count). The first-order valence-corrected chi connectivity index (χ1v) is 6.81. The first-order chi connectivity index (χ1) is 8.99. The fourth-order valence-electron chi connectivity index (χ4n) is 1.73. The van der Waals surface area contributed by atoms with Gasteiger partial charge in [0, 0.05) is 23.1 Å². The average molecular weight is 325 g/mol. The van der Waals surface area contributed by atoms with Gasteiger partial charge in [-0.05, 0) is 26.0 Å². The predicted octanol–water partition coefficient (Wildman–Crippen LogP) is 2.48. The Hall–Kier alpha value is -1.40. The van der Waals surface area contributed by atoms with Crippen molar-refractivity contribution in [1.29, 1.82) is 0 Å². The normalized spacial score (nSPS) is 12.5. The third-order valence-electron chi connectivity index (χ3n) is 3.01. The Morgan fingerprint density at radius 2 is 2.16 bits per heavy atom. The second kappa shape index (κ2) is 5.71. The first-order valence-electron chi connectivity index (χ1n) is 6.01. The molecular formula is C13H17BrN4O. The van der Waals surface area contributed by atoms with E-state index in [2.05, 4.69) is 26.1 Å². The number of benzene rings is 1. The highest BCUT2D eigenvalue weighted by Gasteiger charge is 2.11. The molecule has 0 radical (unpaired) electrons. The van der Waals surface area contributed by atoms with Crippen molar-refractivity contribution in [2.75, 3.05) is 0 Å². The summed E-state index contributed by atoms with van der Waals surface area (Å²) in [5, 5.41) is 8.07. The van der Waals surface area contributed by atoms with E-state index in [-0.39, 0.29) is 6.04 Å². The van der Waals surface area contributed by atoms with Crippen LogP contribution >= 0.6 is 15.9 Å². The zero-order valence-electron chi connectivity index (χ0n) is 11.2. The van der Waals surface area contributed by atoms with Crippen LogP contribution in [0.15, 0.2) is 22.7 Å². The molecule has 5 nitrogen and oxygen atoms in total. The summed E-state index contributed by atoms with van der Waals surface area (Å²) in [7, 11) is 1.92. The third-order valence-corrected chi connectivity index (χ3v) is 3.50. The fourth-order valence-corrected chi connectivity index (χ4v) is 2.07. The van der Waals surface area contributed by atoms with Gasteiger partial charge in [0.1, 0.15) is 18.2 Å². The molecular weight excluding hydrogens is 308 g/mol. The molecule has 0 aliphatic carbocycles. The standard InChI is InChI=1S/C13H17BrN4O/c1-8(15)11-5-4-10(14)6-12(11)19-7-13-17-16-9(2)18(13)3/h4-6,8H,7,15H2,1-3H3/t8-/m1/s1. The van der Waals surface area contributed by atoms with E-state index in [9.17, 15) is 0 Å². The molecule has 0 saturated heterocycles. The highest BCUT2D eigenvalue weighted by Crippen LogP contribution is 2.28. The molecule has 1 aromatic carbocycles. The lowest BCUT2D eigenvalue weighted by atomic mass is 10.1. The molecule has 0 bridgehead atoms. The van der Waals surface area contributed by atoms with Gasteiger partial charge in [0.05, 0.1) is 0 Å². The topological polar surface area (TPSA) is 66.0 Å². The smallest absolute Gasteiger partial charge is 0.170 e. The summed E-state index contributed by atoms with van der Waals surface area (Å²) < 4.78 is 8.69. The van der Waals surface area contributed by atoms with Crippen LogP contribution in [0.3, 0.4) is 0 Å². The Labute approximate surface area is 120 Å². The van der Waals surface area contributed by atoms with Crippen molar-refractivity contribution in [3.8, 4) is 5.75 Å². The highest BCUT2D eigenvalue weighted by atomic mass is 79.9. The second-order valence-corrected chi connectivity index (χ2v) is 5.40. The fraction of sp³-hybridized carbons (Fsp3) is 0.385. The number of aromatic nitrogens is 3. The number of hydrogen-bond acceptors (Lipinski definition) is 4. The molecule has 0 unspecified atom stereocenters. The zero-order chi connectivity index (χ0) is 14.0. The van der Waals surface area contributed by atoms with Crippen molar-refractivity contribution >= 4 is 15.9 Å².